The van der Waals surface area contributed by atoms with E-state index < -0.39 is 0 Å². The largest absolute Gasteiger partial charge is 0.121 e. The highest BCUT2D eigenvalue weighted by Gasteiger charge is 2.27. The second kappa shape index (κ2) is 5.46. The minimum absolute atomic E-state index is 0.0783. The molecular formula is C15H21Br2Cl. The van der Waals surface area contributed by atoms with E-state index in [9.17, 15) is 0 Å². The SMILES string of the molecule is CC(C)(C)c1cc(Br)c(C(C)(C)C)c(Br)c1CCl. The van der Waals surface area contributed by atoms with E-state index in [0.29, 0.717) is 5.88 Å². The molecule has 0 radical (unpaired) electrons. The van der Waals surface area contributed by atoms with Crippen molar-refractivity contribution in [1.29, 1.82) is 0 Å². The van der Waals surface area contributed by atoms with Crippen molar-refractivity contribution in [2.24, 2.45) is 0 Å². The summed E-state index contributed by atoms with van der Waals surface area (Å²) >= 11 is 13.6. The Labute approximate surface area is 133 Å². The molecule has 0 amide bonds. The maximum absolute atomic E-state index is 6.17. The molecule has 18 heavy (non-hydrogen) atoms. The van der Waals surface area contributed by atoms with Crippen molar-refractivity contribution in [2.45, 2.75) is 58.3 Å². The molecule has 0 N–H and O–H groups in total. The first-order chi connectivity index (χ1) is 8.00. The van der Waals surface area contributed by atoms with Gasteiger partial charge in [-0.25, -0.2) is 0 Å². The van der Waals surface area contributed by atoms with Gasteiger partial charge in [0, 0.05) is 14.8 Å². The van der Waals surface area contributed by atoms with Gasteiger partial charge < -0.3 is 0 Å². The molecule has 0 atom stereocenters. The lowest BCUT2D eigenvalue weighted by molar-refractivity contribution is 0.567. The van der Waals surface area contributed by atoms with Crippen LogP contribution in [-0.4, -0.2) is 0 Å². The van der Waals surface area contributed by atoms with Crippen molar-refractivity contribution in [2.75, 3.05) is 0 Å². The van der Waals surface area contributed by atoms with Crippen LogP contribution in [0.4, 0.5) is 0 Å². The van der Waals surface area contributed by atoms with Crippen LogP contribution in [0.5, 0.6) is 0 Å². The van der Waals surface area contributed by atoms with Gasteiger partial charge in [-0.15, -0.1) is 11.6 Å². The number of benzene rings is 1. The third kappa shape index (κ3) is 3.32. The highest BCUT2D eigenvalue weighted by molar-refractivity contribution is 9.11. The molecule has 1 aromatic rings. The number of alkyl halides is 1. The summed E-state index contributed by atoms with van der Waals surface area (Å²) in [5.74, 6) is 0.531. The number of halogens is 3. The Morgan fingerprint density at radius 3 is 1.83 bits per heavy atom. The Hall–Kier alpha value is 0.470. The van der Waals surface area contributed by atoms with Crippen LogP contribution in [0.2, 0.25) is 0 Å². The predicted octanol–water partition coefficient (Wildman–Crippen LogP) is 6.55. The maximum atomic E-state index is 6.17. The van der Waals surface area contributed by atoms with Gasteiger partial charge in [-0.3, -0.25) is 0 Å². The Morgan fingerprint density at radius 2 is 1.50 bits per heavy atom. The van der Waals surface area contributed by atoms with Gasteiger partial charge in [-0.2, -0.15) is 0 Å². The fraction of sp³-hybridized carbons (Fsp3) is 0.600. The molecular weight excluding hydrogens is 375 g/mol. The quantitative estimate of drug-likeness (QED) is 0.472. The summed E-state index contributed by atoms with van der Waals surface area (Å²) in [4.78, 5) is 0. The van der Waals surface area contributed by atoms with Crippen molar-refractivity contribution < 1.29 is 0 Å². The van der Waals surface area contributed by atoms with Crippen LogP contribution >= 0.6 is 43.5 Å². The highest BCUT2D eigenvalue weighted by atomic mass is 79.9. The van der Waals surface area contributed by atoms with E-state index in [4.69, 9.17) is 11.6 Å². The first kappa shape index (κ1) is 16.5. The number of rotatable bonds is 1. The van der Waals surface area contributed by atoms with E-state index in [1.807, 2.05) is 0 Å². The van der Waals surface area contributed by atoms with Crippen LogP contribution in [0.1, 0.15) is 58.2 Å². The van der Waals surface area contributed by atoms with Gasteiger partial charge in [0.05, 0.1) is 0 Å². The van der Waals surface area contributed by atoms with Crippen molar-refractivity contribution in [3.8, 4) is 0 Å². The van der Waals surface area contributed by atoms with Crippen molar-refractivity contribution in [3.63, 3.8) is 0 Å². The van der Waals surface area contributed by atoms with Crippen LogP contribution in [0, 0.1) is 0 Å². The molecule has 0 fully saturated rings. The van der Waals surface area contributed by atoms with Crippen LogP contribution < -0.4 is 0 Å². The molecule has 0 aliphatic rings. The molecule has 0 unspecified atom stereocenters. The molecule has 0 aliphatic heterocycles. The van der Waals surface area contributed by atoms with E-state index in [1.54, 1.807) is 0 Å². The zero-order valence-electron chi connectivity index (χ0n) is 11.9. The van der Waals surface area contributed by atoms with E-state index in [2.05, 4.69) is 79.5 Å². The van der Waals surface area contributed by atoms with Crippen LogP contribution in [0.3, 0.4) is 0 Å². The van der Waals surface area contributed by atoms with E-state index in [1.165, 1.54) is 16.7 Å². The second-order valence-corrected chi connectivity index (χ2v) is 8.62. The van der Waals surface area contributed by atoms with Crippen molar-refractivity contribution in [1.82, 2.24) is 0 Å². The Balaban J connectivity index is 3.66. The minimum Gasteiger partial charge on any atom is -0.121 e. The molecule has 102 valence electrons. The number of hydrogen-bond acceptors (Lipinski definition) is 0. The van der Waals surface area contributed by atoms with Gasteiger partial charge in [-0.05, 0) is 33.6 Å². The van der Waals surface area contributed by atoms with Gasteiger partial charge in [0.15, 0.2) is 0 Å². The molecule has 0 aliphatic carbocycles. The smallest absolute Gasteiger partial charge is 0.0488 e. The molecule has 0 nitrogen and oxygen atoms in total. The lowest BCUT2D eigenvalue weighted by Crippen LogP contribution is -2.19. The molecule has 1 rings (SSSR count). The Morgan fingerprint density at radius 1 is 1.00 bits per heavy atom. The van der Waals surface area contributed by atoms with Gasteiger partial charge in [0.2, 0.25) is 0 Å². The first-order valence-electron chi connectivity index (χ1n) is 6.08. The maximum Gasteiger partial charge on any atom is 0.0488 e. The fourth-order valence-electron chi connectivity index (χ4n) is 2.15. The summed E-state index contributed by atoms with van der Waals surface area (Å²) in [6.45, 7) is 13.3. The third-order valence-electron chi connectivity index (χ3n) is 3.01. The summed E-state index contributed by atoms with van der Waals surface area (Å²) in [6.07, 6.45) is 0. The monoisotopic (exact) mass is 394 g/mol. The van der Waals surface area contributed by atoms with Crippen molar-refractivity contribution in [3.05, 3.63) is 31.7 Å². The summed E-state index contributed by atoms with van der Waals surface area (Å²) in [5, 5.41) is 0. The predicted molar refractivity (Wildman–Crippen MR) is 88.8 cm³/mol. The van der Waals surface area contributed by atoms with Crippen molar-refractivity contribution >= 4 is 43.5 Å². The zero-order valence-corrected chi connectivity index (χ0v) is 15.8. The Kier molecular flexibility index (Phi) is 5.01. The second-order valence-electron chi connectivity index (χ2n) is 6.71. The van der Waals surface area contributed by atoms with E-state index in [-0.39, 0.29) is 10.8 Å². The molecule has 0 saturated heterocycles. The number of hydrogen-bond donors (Lipinski definition) is 0. The summed E-state index contributed by atoms with van der Waals surface area (Å²) in [5.41, 5.74) is 3.95. The Bertz CT molecular complexity index is 451. The van der Waals surface area contributed by atoms with Crippen LogP contribution in [-0.2, 0) is 16.7 Å². The molecule has 3 heteroatoms. The first-order valence-corrected chi connectivity index (χ1v) is 8.20. The molecule has 0 heterocycles. The van der Waals surface area contributed by atoms with Crippen LogP contribution in [0.15, 0.2) is 15.0 Å². The summed E-state index contributed by atoms with van der Waals surface area (Å²) in [6, 6.07) is 2.23. The van der Waals surface area contributed by atoms with E-state index in [0.717, 1.165) is 8.95 Å². The average molecular weight is 397 g/mol. The van der Waals surface area contributed by atoms with Gasteiger partial charge in [-0.1, -0.05) is 73.4 Å². The standard InChI is InChI=1S/C15H21Br2Cl/c1-14(2,3)10-7-11(16)12(15(4,5)6)13(17)9(10)8-18/h7H,8H2,1-6H3. The highest BCUT2D eigenvalue weighted by Crippen LogP contribution is 2.42. The van der Waals surface area contributed by atoms with Gasteiger partial charge in [0.1, 0.15) is 0 Å². The molecule has 0 bridgehead atoms. The molecule has 0 saturated carbocycles. The van der Waals surface area contributed by atoms with E-state index >= 15 is 0 Å². The third-order valence-corrected chi connectivity index (χ3v) is 4.78. The topological polar surface area (TPSA) is 0 Å². The lowest BCUT2D eigenvalue weighted by Gasteiger charge is -2.29. The molecule has 1 aromatic carbocycles. The normalized spacial score (nSPS) is 12.9. The fourth-order valence-corrected chi connectivity index (χ4v) is 5.04. The summed E-state index contributed by atoms with van der Waals surface area (Å²) < 4.78 is 2.30. The van der Waals surface area contributed by atoms with Crippen LogP contribution in [0.25, 0.3) is 0 Å². The average Bonchev–Trinajstić information content (AvgIpc) is 2.13. The van der Waals surface area contributed by atoms with Gasteiger partial charge >= 0.3 is 0 Å². The zero-order chi connectivity index (χ0) is 14.3. The van der Waals surface area contributed by atoms with Gasteiger partial charge in [0.25, 0.3) is 0 Å². The summed E-state index contributed by atoms with van der Waals surface area (Å²) in [7, 11) is 0. The minimum atomic E-state index is 0.0783. The molecule has 0 spiro atoms. The lowest BCUT2D eigenvalue weighted by atomic mass is 9.79. The molecule has 0 aromatic heterocycles.